The number of imide groups is 2. The van der Waals surface area contributed by atoms with Crippen LogP contribution in [0.1, 0.15) is 11.1 Å². The first-order valence-electron chi connectivity index (χ1n) is 8.49. The molecule has 0 aromatic heterocycles. The Balaban J connectivity index is 1.93. The minimum atomic E-state index is -1.12. The van der Waals surface area contributed by atoms with Crippen LogP contribution in [0, 0.1) is 6.92 Å². The van der Waals surface area contributed by atoms with Crippen molar-refractivity contribution in [2.75, 3.05) is 11.5 Å². The van der Waals surface area contributed by atoms with Gasteiger partial charge in [-0.05, 0) is 70.4 Å². The van der Waals surface area contributed by atoms with Crippen LogP contribution in [-0.2, 0) is 14.4 Å². The summed E-state index contributed by atoms with van der Waals surface area (Å²) in [5.74, 6) is -2.39. The number of amides is 4. The molecule has 1 heterocycles. The van der Waals surface area contributed by atoms with E-state index in [1.54, 1.807) is 30.3 Å². The zero-order chi connectivity index (χ0) is 22.0. The quantitative estimate of drug-likeness (QED) is 0.444. The number of aryl methyl sites for hydroxylation is 1. The number of carbonyl (C=O) groups is 4. The van der Waals surface area contributed by atoms with Gasteiger partial charge in [0.25, 0.3) is 11.8 Å². The number of nitrogens with zero attached hydrogens (tertiary/aromatic N) is 1. The average molecular weight is 538 g/mol. The molecule has 154 valence electrons. The lowest BCUT2D eigenvalue weighted by Crippen LogP contribution is -2.54. The van der Waals surface area contributed by atoms with Crippen LogP contribution in [0.25, 0.3) is 6.08 Å². The molecule has 2 aromatic carbocycles. The third-order valence-corrected chi connectivity index (χ3v) is 5.63. The van der Waals surface area contributed by atoms with Crippen molar-refractivity contribution in [2.24, 2.45) is 0 Å². The Morgan fingerprint density at radius 2 is 1.87 bits per heavy atom. The number of halogens is 2. The SMILES string of the molecule is Cc1cc(N2C(=O)NC(=O)/C(=C\c3ccc(OCC(=O)O)c(Br)c3)C2=O)ccc1Br. The number of carboxylic acids is 1. The third kappa shape index (κ3) is 4.60. The fourth-order valence-electron chi connectivity index (χ4n) is 2.69. The first-order chi connectivity index (χ1) is 14.2. The maximum atomic E-state index is 12.9. The number of nitrogens with one attached hydrogen (secondary N) is 1. The number of anilines is 1. The summed E-state index contributed by atoms with van der Waals surface area (Å²) in [5, 5.41) is 10.9. The molecule has 0 atom stereocenters. The second-order valence-corrected chi connectivity index (χ2v) is 7.97. The number of carbonyl (C=O) groups excluding carboxylic acids is 3. The molecule has 10 heteroatoms. The summed E-state index contributed by atoms with van der Waals surface area (Å²) in [6, 6.07) is 8.74. The van der Waals surface area contributed by atoms with Crippen molar-refractivity contribution >= 4 is 67.4 Å². The van der Waals surface area contributed by atoms with Crippen LogP contribution in [-0.4, -0.2) is 35.5 Å². The second kappa shape index (κ2) is 8.80. The summed E-state index contributed by atoms with van der Waals surface area (Å²) in [6.07, 6.45) is 1.34. The molecule has 2 N–H and O–H groups in total. The molecular weight excluding hydrogens is 524 g/mol. The highest BCUT2D eigenvalue weighted by molar-refractivity contribution is 9.10. The van der Waals surface area contributed by atoms with E-state index in [1.165, 1.54) is 12.1 Å². The summed E-state index contributed by atoms with van der Waals surface area (Å²) in [4.78, 5) is 49.1. The molecule has 0 spiro atoms. The number of benzene rings is 2. The van der Waals surface area contributed by atoms with Crippen molar-refractivity contribution in [1.82, 2.24) is 5.32 Å². The minimum absolute atomic E-state index is 0.221. The van der Waals surface area contributed by atoms with Gasteiger partial charge in [-0.1, -0.05) is 22.0 Å². The molecule has 1 saturated heterocycles. The highest BCUT2D eigenvalue weighted by Crippen LogP contribution is 2.29. The Morgan fingerprint density at radius 3 is 2.50 bits per heavy atom. The number of hydrogen-bond donors (Lipinski definition) is 2. The van der Waals surface area contributed by atoms with E-state index in [1.807, 2.05) is 6.92 Å². The van der Waals surface area contributed by atoms with Crippen molar-refractivity contribution in [2.45, 2.75) is 6.92 Å². The van der Waals surface area contributed by atoms with Crippen LogP contribution in [0.2, 0.25) is 0 Å². The monoisotopic (exact) mass is 536 g/mol. The predicted molar refractivity (Wildman–Crippen MR) is 115 cm³/mol. The molecule has 1 aliphatic heterocycles. The molecule has 0 aliphatic carbocycles. The van der Waals surface area contributed by atoms with Gasteiger partial charge < -0.3 is 9.84 Å². The molecule has 8 nitrogen and oxygen atoms in total. The van der Waals surface area contributed by atoms with Gasteiger partial charge in [-0.25, -0.2) is 14.5 Å². The van der Waals surface area contributed by atoms with Crippen molar-refractivity contribution in [3.8, 4) is 5.75 Å². The molecule has 0 unspecified atom stereocenters. The van der Waals surface area contributed by atoms with Crippen LogP contribution in [0.4, 0.5) is 10.5 Å². The lowest BCUT2D eigenvalue weighted by Gasteiger charge is -2.26. The topological polar surface area (TPSA) is 113 Å². The number of rotatable bonds is 5. The van der Waals surface area contributed by atoms with Crippen molar-refractivity contribution in [1.29, 1.82) is 0 Å². The molecular formula is C20H14Br2N2O6. The van der Waals surface area contributed by atoms with E-state index < -0.39 is 30.4 Å². The van der Waals surface area contributed by atoms with Gasteiger partial charge in [-0.2, -0.15) is 0 Å². The smallest absolute Gasteiger partial charge is 0.341 e. The van der Waals surface area contributed by atoms with Gasteiger partial charge in [0, 0.05) is 4.47 Å². The minimum Gasteiger partial charge on any atom is -0.481 e. The molecule has 0 radical (unpaired) electrons. The molecule has 3 rings (SSSR count). The molecule has 2 aromatic rings. The Morgan fingerprint density at radius 1 is 1.13 bits per heavy atom. The highest BCUT2D eigenvalue weighted by atomic mass is 79.9. The highest BCUT2D eigenvalue weighted by Gasteiger charge is 2.36. The molecule has 0 bridgehead atoms. The van der Waals surface area contributed by atoms with E-state index in [0.717, 1.165) is 14.9 Å². The number of barbiturate groups is 1. The lowest BCUT2D eigenvalue weighted by molar-refractivity contribution is -0.139. The lowest BCUT2D eigenvalue weighted by atomic mass is 10.1. The van der Waals surface area contributed by atoms with Gasteiger partial charge in [0.05, 0.1) is 10.2 Å². The van der Waals surface area contributed by atoms with Crippen LogP contribution in [0.5, 0.6) is 5.75 Å². The molecule has 30 heavy (non-hydrogen) atoms. The molecule has 1 aliphatic rings. The number of carboxylic acid groups (broad SMARTS) is 1. The van der Waals surface area contributed by atoms with Crippen LogP contribution in [0.3, 0.4) is 0 Å². The summed E-state index contributed by atoms with van der Waals surface area (Å²) in [5.41, 5.74) is 1.40. The number of urea groups is 1. The first-order valence-corrected chi connectivity index (χ1v) is 10.1. The van der Waals surface area contributed by atoms with Crippen molar-refractivity contribution in [3.63, 3.8) is 0 Å². The van der Waals surface area contributed by atoms with Gasteiger partial charge in [-0.3, -0.25) is 14.9 Å². The number of ether oxygens (including phenoxy) is 1. The second-order valence-electron chi connectivity index (χ2n) is 6.26. The fourth-order valence-corrected chi connectivity index (χ4v) is 3.45. The first kappa shape index (κ1) is 21.7. The van der Waals surface area contributed by atoms with E-state index in [-0.39, 0.29) is 5.57 Å². The largest absolute Gasteiger partial charge is 0.481 e. The predicted octanol–water partition coefficient (Wildman–Crippen LogP) is 3.65. The molecule has 1 fully saturated rings. The van der Waals surface area contributed by atoms with Gasteiger partial charge in [0.1, 0.15) is 11.3 Å². The maximum absolute atomic E-state index is 12.9. The fraction of sp³-hybridized carbons (Fsp3) is 0.100. The van der Waals surface area contributed by atoms with Gasteiger partial charge in [0.15, 0.2) is 6.61 Å². The van der Waals surface area contributed by atoms with Gasteiger partial charge >= 0.3 is 12.0 Å². The number of hydrogen-bond acceptors (Lipinski definition) is 5. The molecule has 4 amide bonds. The Hall–Kier alpha value is -2.98. The van der Waals surface area contributed by atoms with E-state index in [2.05, 4.69) is 37.2 Å². The Labute approximate surface area is 187 Å². The zero-order valence-electron chi connectivity index (χ0n) is 15.4. The summed E-state index contributed by atoms with van der Waals surface area (Å²) >= 11 is 6.63. The van der Waals surface area contributed by atoms with Crippen LogP contribution in [0.15, 0.2) is 50.9 Å². The third-order valence-electron chi connectivity index (χ3n) is 4.12. The zero-order valence-corrected chi connectivity index (χ0v) is 18.6. The summed E-state index contributed by atoms with van der Waals surface area (Å²) in [6.45, 7) is 1.30. The average Bonchev–Trinajstić information content (AvgIpc) is 2.67. The van der Waals surface area contributed by atoms with Gasteiger partial charge in [-0.15, -0.1) is 0 Å². The Bertz CT molecular complexity index is 1110. The maximum Gasteiger partial charge on any atom is 0.341 e. The van der Waals surface area contributed by atoms with E-state index >= 15 is 0 Å². The van der Waals surface area contributed by atoms with Crippen LogP contribution >= 0.6 is 31.9 Å². The van der Waals surface area contributed by atoms with E-state index in [4.69, 9.17) is 9.84 Å². The summed E-state index contributed by atoms with van der Waals surface area (Å²) < 4.78 is 6.39. The van der Waals surface area contributed by atoms with E-state index in [9.17, 15) is 19.2 Å². The Kier molecular flexibility index (Phi) is 6.37. The van der Waals surface area contributed by atoms with Crippen molar-refractivity contribution in [3.05, 3.63) is 62.0 Å². The van der Waals surface area contributed by atoms with Crippen molar-refractivity contribution < 1.29 is 29.0 Å². The molecule has 0 saturated carbocycles. The standard InChI is InChI=1S/C20H14Br2N2O6/c1-10-6-12(3-4-14(10)21)24-19(28)13(18(27)23-20(24)29)7-11-2-5-16(15(22)8-11)30-9-17(25)26/h2-8H,9H2,1H3,(H,25,26)(H,23,27,29)/b13-7+. The number of aliphatic carboxylic acids is 1. The van der Waals surface area contributed by atoms with E-state index in [0.29, 0.717) is 21.5 Å². The van der Waals surface area contributed by atoms with Gasteiger partial charge in [0.2, 0.25) is 0 Å². The summed E-state index contributed by atoms with van der Waals surface area (Å²) in [7, 11) is 0. The normalized spacial score (nSPS) is 15.4. The van der Waals surface area contributed by atoms with Crippen LogP contribution < -0.4 is 15.0 Å².